The lowest BCUT2D eigenvalue weighted by molar-refractivity contribution is -0.0455. The van der Waals surface area contributed by atoms with Gasteiger partial charge in [0.1, 0.15) is 17.0 Å². The number of aliphatic hydroxyl groups is 1. The van der Waals surface area contributed by atoms with Crippen LogP contribution in [0.1, 0.15) is 25.5 Å². The van der Waals surface area contributed by atoms with Gasteiger partial charge in [-0.15, -0.1) is 0 Å². The molecule has 0 spiro atoms. The van der Waals surface area contributed by atoms with Crippen molar-refractivity contribution in [1.82, 2.24) is 9.88 Å². The normalized spacial score (nSPS) is 30.2. The van der Waals surface area contributed by atoms with Gasteiger partial charge < -0.3 is 14.7 Å². The fraction of sp³-hybridized carbons (Fsp3) is 0.615. The van der Waals surface area contributed by atoms with E-state index in [-0.39, 0.29) is 0 Å². The molecule has 1 aliphatic heterocycles. The van der Waals surface area contributed by atoms with E-state index >= 15 is 0 Å². The number of methoxy groups -OCH3 is 1. The molecular formula is C13H20N2O2. The molecule has 2 heterocycles. The SMILES string of the molecule is COc1cccnc1C1(O)CCN(C)C(C)C1. The van der Waals surface area contributed by atoms with E-state index in [1.807, 2.05) is 12.1 Å². The monoisotopic (exact) mass is 236 g/mol. The fourth-order valence-corrected chi connectivity index (χ4v) is 2.45. The van der Waals surface area contributed by atoms with Crippen LogP contribution in [0.5, 0.6) is 5.75 Å². The van der Waals surface area contributed by atoms with E-state index in [9.17, 15) is 5.11 Å². The molecule has 1 saturated heterocycles. The maximum Gasteiger partial charge on any atom is 0.143 e. The highest BCUT2D eigenvalue weighted by molar-refractivity contribution is 5.32. The van der Waals surface area contributed by atoms with E-state index in [0.717, 1.165) is 6.54 Å². The molecule has 1 aromatic heterocycles. The third kappa shape index (κ3) is 2.28. The number of hydrogen-bond donors (Lipinski definition) is 1. The Hall–Kier alpha value is -1.13. The van der Waals surface area contributed by atoms with Crippen LogP contribution >= 0.6 is 0 Å². The summed E-state index contributed by atoms with van der Waals surface area (Å²) in [5, 5.41) is 10.8. The minimum absolute atomic E-state index is 0.348. The van der Waals surface area contributed by atoms with Crippen molar-refractivity contribution < 1.29 is 9.84 Å². The molecule has 1 N–H and O–H groups in total. The van der Waals surface area contributed by atoms with Gasteiger partial charge in [-0.05, 0) is 38.9 Å². The first kappa shape index (κ1) is 12.3. The van der Waals surface area contributed by atoms with Crippen LogP contribution in [0.25, 0.3) is 0 Å². The van der Waals surface area contributed by atoms with Gasteiger partial charge in [0.2, 0.25) is 0 Å². The van der Waals surface area contributed by atoms with Gasteiger partial charge in [0.15, 0.2) is 0 Å². The number of rotatable bonds is 2. The molecule has 2 unspecified atom stereocenters. The van der Waals surface area contributed by atoms with E-state index in [1.165, 1.54) is 0 Å². The van der Waals surface area contributed by atoms with Crippen molar-refractivity contribution in [2.75, 3.05) is 20.7 Å². The summed E-state index contributed by atoms with van der Waals surface area (Å²) in [6.07, 6.45) is 3.09. The van der Waals surface area contributed by atoms with Crippen molar-refractivity contribution in [3.8, 4) is 5.75 Å². The molecule has 94 valence electrons. The lowest BCUT2D eigenvalue weighted by Crippen LogP contribution is -2.46. The lowest BCUT2D eigenvalue weighted by atomic mass is 9.84. The van der Waals surface area contributed by atoms with Crippen molar-refractivity contribution in [3.05, 3.63) is 24.0 Å². The number of ether oxygens (including phenoxy) is 1. The second-order valence-corrected chi connectivity index (χ2v) is 4.87. The maximum absolute atomic E-state index is 10.8. The van der Waals surface area contributed by atoms with Crippen LogP contribution in [0.3, 0.4) is 0 Å². The van der Waals surface area contributed by atoms with Crippen molar-refractivity contribution >= 4 is 0 Å². The smallest absolute Gasteiger partial charge is 0.143 e. The predicted molar refractivity (Wildman–Crippen MR) is 66.0 cm³/mol. The zero-order valence-electron chi connectivity index (χ0n) is 10.7. The molecule has 1 aromatic rings. The maximum atomic E-state index is 10.8. The van der Waals surface area contributed by atoms with E-state index in [2.05, 4.69) is 23.9 Å². The largest absolute Gasteiger partial charge is 0.495 e. The highest BCUT2D eigenvalue weighted by Crippen LogP contribution is 2.38. The van der Waals surface area contributed by atoms with Gasteiger partial charge in [0, 0.05) is 18.8 Å². The Morgan fingerprint density at radius 2 is 2.35 bits per heavy atom. The molecule has 0 amide bonds. The Morgan fingerprint density at radius 1 is 1.59 bits per heavy atom. The number of hydrogen-bond acceptors (Lipinski definition) is 4. The van der Waals surface area contributed by atoms with Crippen molar-refractivity contribution in [1.29, 1.82) is 0 Å². The van der Waals surface area contributed by atoms with Gasteiger partial charge >= 0.3 is 0 Å². The van der Waals surface area contributed by atoms with Crippen LogP contribution in [-0.2, 0) is 5.60 Å². The van der Waals surface area contributed by atoms with Crippen molar-refractivity contribution in [3.63, 3.8) is 0 Å². The van der Waals surface area contributed by atoms with Gasteiger partial charge in [-0.1, -0.05) is 0 Å². The average molecular weight is 236 g/mol. The van der Waals surface area contributed by atoms with Gasteiger partial charge in [0.25, 0.3) is 0 Å². The highest BCUT2D eigenvalue weighted by atomic mass is 16.5. The third-order valence-electron chi connectivity index (χ3n) is 3.70. The van der Waals surface area contributed by atoms with Gasteiger partial charge in [-0.25, -0.2) is 0 Å². The first-order chi connectivity index (χ1) is 8.07. The summed E-state index contributed by atoms with van der Waals surface area (Å²) < 4.78 is 5.29. The number of nitrogens with zero attached hydrogens (tertiary/aromatic N) is 2. The second kappa shape index (κ2) is 4.63. The number of likely N-dealkylation sites (tertiary alicyclic amines) is 1. The third-order valence-corrected chi connectivity index (χ3v) is 3.70. The molecule has 1 fully saturated rings. The Morgan fingerprint density at radius 3 is 3.00 bits per heavy atom. The number of pyridine rings is 1. The van der Waals surface area contributed by atoms with E-state index in [0.29, 0.717) is 30.3 Å². The van der Waals surface area contributed by atoms with E-state index < -0.39 is 5.60 Å². The minimum atomic E-state index is -0.863. The minimum Gasteiger partial charge on any atom is -0.495 e. The summed E-state index contributed by atoms with van der Waals surface area (Å²) in [6.45, 7) is 3.00. The Balaban J connectivity index is 2.32. The zero-order valence-corrected chi connectivity index (χ0v) is 10.7. The average Bonchev–Trinajstić information content (AvgIpc) is 2.34. The Bertz CT molecular complexity index is 397. The van der Waals surface area contributed by atoms with Gasteiger partial charge in [-0.3, -0.25) is 4.98 Å². The molecule has 0 saturated carbocycles. The summed E-state index contributed by atoms with van der Waals surface area (Å²) in [7, 11) is 3.70. The molecular weight excluding hydrogens is 216 g/mol. The predicted octanol–water partition coefficient (Wildman–Crippen LogP) is 1.39. The first-order valence-electron chi connectivity index (χ1n) is 5.99. The standard InChI is InChI=1S/C13H20N2O2/c1-10-9-13(16,6-8-15(10)2)12-11(17-3)5-4-7-14-12/h4-5,7,10,16H,6,8-9H2,1-3H3. The molecule has 0 radical (unpaired) electrons. The molecule has 2 atom stereocenters. The van der Waals surface area contributed by atoms with Crippen LogP contribution in [0.2, 0.25) is 0 Å². The van der Waals surface area contributed by atoms with Crippen LogP contribution in [-0.4, -0.2) is 41.7 Å². The van der Waals surface area contributed by atoms with Gasteiger partial charge in [-0.2, -0.15) is 0 Å². The molecule has 4 nitrogen and oxygen atoms in total. The Labute approximate surface area is 102 Å². The first-order valence-corrected chi connectivity index (χ1v) is 5.99. The highest BCUT2D eigenvalue weighted by Gasteiger charge is 2.39. The Kier molecular flexibility index (Phi) is 3.35. The quantitative estimate of drug-likeness (QED) is 0.843. The number of piperidine rings is 1. The number of aromatic nitrogens is 1. The van der Waals surface area contributed by atoms with Crippen LogP contribution in [0.15, 0.2) is 18.3 Å². The fourth-order valence-electron chi connectivity index (χ4n) is 2.45. The molecule has 2 rings (SSSR count). The molecule has 4 heteroatoms. The molecule has 0 aliphatic carbocycles. The summed E-state index contributed by atoms with van der Waals surface area (Å²) in [5.74, 6) is 0.673. The summed E-state index contributed by atoms with van der Waals surface area (Å²) in [4.78, 5) is 6.56. The molecule has 0 aromatic carbocycles. The molecule has 17 heavy (non-hydrogen) atoms. The summed E-state index contributed by atoms with van der Waals surface area (Å²) in [5.41, 5.74) is -0.194. The van der Waals surface area contributed by atoms with E-state index in [1.54, 1.807) is 13.3 Å². The molecule has 1 aliphatic rings. The van der Waals surface area contributed by atoms with Crippen LogP contribution in [0, 0.1) is 0 Å². The molecule has 0 bridgehead atoms. The second-order valence-electron chi connectivity index (χ2n) is 4.87. The van der Waals surface area contributed by atoms with Crippen LogP contribution < -0.4 is 4.74 Å². The van der Waals surface area contributed by atoms with Crippen molar-refractivity contribution in [2.45, 2.75) is 31.4 Å². The lowest BCUT2D eigenvalue weighted by Gasteiger charge is -2.40. The summed E-state index contributed by atoms with van der Waals surface area (Å²) >= 11 is 0. The van der Waals surface area contributed by atoms with Crippen molar-refractivity contribution in [2.24, 2.45) is 0 Å². The summed E-state index contributed by atoms with van der Waals surface area (Å²) in [6, 6.07) is 4.02. The van der Waals surface area contributed by atoms with Crippen LogP contribution in [0.4, 0.5) is 0 Å². The van der Waals surface area contributed by atoms with Gasteiger partial charge in [0.05, 0.1) is 7.11 Å². The topological polar surface area (TPSA) is 45.6 Å². The van der Waals surface area contributed by atoms with E-state index in [4.69, 9.17) is 4.74 Å². The zero-order chi connectivity index (χ0) is 12.5.